The highest BCUT2D eigenvalue weighted by Gasteiger charge is 2.03. The summed E-state index contributed by atoms with van der Waals surface area (Å²) in [5.41, 5.74) is 4.14. The lowest BCUT2D eigenvalue weighted by Crippen LogP contribution is -2.36. The van der Waals surface area contributed by atoms with Crippen molar-refractivity contribution in [2.24, 2.45) is 0 Å². The fourth-order valence-corrected chi connectivity index (χ4v) is 1.77. The second kappa shape index (κ2) is 9.17. The van der Waals surface area contributed by atoms with Crippen LogP contribution in [0.4, 0.5) is 0 Å². The highest BCUT2D eigenvalue weighted by molar-refractivity contribution is 5.94. The molecule has 0 aliphatic carbocycles. The summed E-state index contributed by atoms with van der Waals surface area (Å²) in [6.45, 7) is 0.126. The monoisotopic (exact) mass is 310 g/mol. The summed E-state index contributed by atoms with van der Waals surface area (Å²) in [7, 11) is 0. The van der Waals surface area contributed by atoms with Crippen molar-refractivity contribution in [3.8, 4) is 0 Å². The molecular weight excluding hydrogens is 292 g/mol. The number of hydrogen-bond donors (Lipinski definition) is 2. The van der Waals surface area contributed by atoms with Crippen molar-refractivity contribution in [2.75, 3.05) is 6.54 Å². The molecule has 5 heteroatoms. The summed E-state index contributed by atoms with van der Waals surface area (Å²) in [6, 6.07) is 18.9. The van der Waals surface area contributed by atoms with Gasteiger partial charge in [-0.1, -0.05) is 60.7 Å². The third-order valence-electron chi connectivity index (χ3n) is 2.92. The van der Waals surface area contributed by atoms with E-state index in [1.165, 1.54) is 6.08 Å². The average Bonchev–Trinajstić information content (AvgIpc) is 2.60. The van der Waals surface area contributed by atoms with E-state index in [1.54, 1.807) is 6.08 Å². The van der Waals surface area contributed by atoms with Gasteiger partial charge in [-0.2, -0.15) is 0 Å². The first-order chi connectivity index (χ1) is 11.2. The Morgan fingerprint density at radius 3 is 2.30 bits per heavy atom. The SMILES string of the molecule is O=C(/C=C/c1ccccc1)NCC(=O)NOCc1ccccc1. The van der Waals surface area contributed by atoms with Crippen LogP contribution in [0.25, 0.3) is 6.08 Å². The smallest absolute Gasteiger partial charge is 0.262 e. The zero-order chi connectivity index (χ0) is 16.3. The van der Waals surface area contributed by atoms with Crippen molar-refractivity contribution in [1.82, 2.24) is 10.8 Å². The number of hydroxylamine groups is 1. The van der Waals surface area contributed by atoms with E-state index in [1.807, 2.05) is 60.7 Å². The van der Waals surface area contributed by atoms with E-state index in [0.29, 0.717) is 0 Å². The van der Waals surface area contributed by atoms with E-state index < -0.39 is 5.91 Å². The Kier molecular flexibility index (Phi) is 6.56. The fourth-order valence-electron chi connectivity index (χ4n) is 1.77. The molecule has 2 aromatic carbocycles. The van der Waals surface area contributed by atoms with Crippen LogP contribution in [0.5, 0.6) is 0 Å². The van der Waals surface area contributed by atoms with Gasteiger partial charge in [0.1, 0.15) is 0 Å². The molecule has 0 spiro atoms. The minimum atomic E-state index is -0.414. The summed E-state index contributed by atoms with van der Waals surface area (Å²) < 4.78 is 0. The molecule has 0 radical (unpaired) electrons. The summed E-state index contributed by atoms with van der Waals surface area (Å²) in [4.78, 5) is 28.2. The summed E-state index contributed by atoms with van der Waals surface area (Å²) in [6.07, 6.45) is 3.06. The van der Waals surface area contributed by atoms with Crippen molar-refractivity contribution in [3.05, 3.63) is 77.9 Å². The first kappa shape index (κ1) is 16.5. The zero-order valence-electron chi connectivity index (χ0n) is 12.6. The molecule has 118 valence electrons. The molecule has 0 aliphatic heterocycles. The number of amides is 2. The molecule has 0 fully saturated rings. The minimum absolute atomic E-state index is 0.146. The quantitative estimate of drug-likeness (QED) is 0.607. The Bertz CT molecular complexity index is 654. The number of carbonyl (C=O) groups excluding carboxylic acids is 2. The van der Waals surface area contributed by atoms with E-state index in [-0.39, 0.29) is 19.1 Å². The average molecular weight is 310 g/mol. The molecule has 2 amide bonds. The molecule has 0 bridgehead atoms. The van der Waals surface area contributed by atoms with Crippen LogP contribution >= 0.6 is 0 Å². The molecule has 0 unspecified atom stereocenters. The van der Waals surface area contributed by atoms with E-state index in [0.717, 1.165) is 11.1 Å². The first-order valence-corrected chi connectivity index (χ1v) is 7.19. The van der Waals surface area contributed by atoms with Crippen LogP contribution in [0.2, 0.25) is 0 Å². The van der Waals surface area contributed by atoms with Crippen molar-refractivity contribution >= 4 is 17.9 Å². The van der Waals surface area contributed by atoms with Crippen molar-refractivity contribution in [3.63, 3.8) is 0 Å². The number of hydrogen-bond acceptors (Lipinski definition) is 3. The molecule has 0 heterocycles. The fraction of sp³-hybridized carbons (Fsp3) is 0.111. The lowest BCUT2D eigenvalue weighted by atomic mass is 10.2. The molecule has 0 aliphatic rings. The van der Waals surface area contributed by atoms with Crippen LogP contribution in [0.3, 0.4) is 0 Å². The maximum absolute atomic E-state index is 11.6. The standard InChI is InChI=1S/C18H18N2O3/c21-17(12-11-15-7-3-1-4-8-15)19-13-18(22)20-23-14-16-9-5-2-6-10-16/h1-12H,13-14H2,(H,19,21)(H,20,22)/b12-11+. The van der Waals surface area contributed by atoms with Gasteiger partial charge in [0.05, 0.1) is 13.2 Å². The van der Waals surface area contributed by atoms with Crippen LogP contribution in [0.1, 0.15) is 11.1 Å². The van der Waals surface area contributed by atoms with E-state index in [4.69, 9.17) is 4.84 Å². The maximum Gasteiger partial charge on any atom is 0.262 e. The molecule has 23 heavy (non-hydrogen) atoms. The first-order valence-electron chi connectivity index (χ1n) is 7.19. The minimum Gasteiger partial charge on any atom is -0.343 e. The Balaban J connectivity index is 1.64. The van der Waals surface area contributed by atoms with Crippen LogP contribution in [-0.2, 0) is 21.0 Å². The molecule has 0 atom stereocenters. The predicted molar refractivity (Wildman–Crippen MR) is 87.9 cm³/mol. The van der Waals surface area contributed by atoms with E-state index in [9.17, 15) is 9.59 Å². The van der Waals surface area contributed by atoms with Crippen LogP contribution in [0, 0.1) is 0 Å². The van der Waals surface area contributed by atoms with Gasteiger partial charge in [-0.25, -0.2) is 5.48 Å². The molecule has 0 aromatic heterocycles. The molecular formula is C18H18N2O3. The lowest BCUT2D eigenvalue weighted by Gasteiger charge is -2.06. The van der Waals surface area contributed by atoms with E-state index >= 15 is 0 Å². The van der Waals surface area contributed by atoms with E-state index in [2.05, 4.69) is 10.8 Å². The van der Waals surface area contributed by atoms with Crippen molar-refractivity contribution in [2.45, 2.75) is 6.61 Å². The van der Waals surface area contributed by atoms with Crippen molar-refractivity contribution in [1.29, 1.82) is 0 Å². The third-order valence-corrected chi connectivity index (χ3v) is 2.92. The second-order valence-corrected chi connectivity index (χ2v) is 4.76. The number of rotatable bonds is 7. The highest BCUT2D eigenvalue weighted by atomic mass is 16.6. The molecule has 5 nitrogen and oxygen atoms in total. The molecule has 2 aromatic rings. The van der Waals surface area contributed by atoms with Gasteiger partial charge in [0.25, 0.3) is 5.91 Å². The van der Waals surface area contributed by atoms with Gasteiger partial charge in [0, 0.05) is 6.08 Å². The molecule has 2 N–H and O–H groups in total. The topological polar surface area (TPSA) is 67.4 Å². The molecule has 0 saturated heterocycles. The van der Waals surface area contributed by atoms with Gasteiger partial charge in [-0.05, 0) is 17.2 Å². The molecule has 0 saturated carbocycles. The summed E-state index contributed by atoms with van der Waals surface area (Å²) in [5, 5.41) is 2.48. The van der Waals surface area contributed by atoms with Gasteiger partial charge in [-0.15, -0.1) is 0 Å². The Morgan fingerprint density at radius 2 is 1.61 bits per heavy atom. The second-order valence-electron chi connectivity index (χ2n) is 4.76. The zero-order valence-corrected chi connectivity index (χ0v) is 12.6. The Morgan fingerprint density at radius 1 is 0.957 bits per heavy atom. The van der Waals surface area contributed by atoms with Gasteiger partial charge in [0.2, 0.25) is 5.91 Å². The van der Waals surface area contributed by atoms with Gasteiger partial charge in [-0.3, -0.25) is 14.4 Å². The predicted octanol–water partition coefficient (Wildman–Crippen LogP) is 2.06. The van der Waals surface area contributed by atoms with Crippen molar-refractivity contribution < 1.29 is 14.4 Å². The maximum atomic E-state index is 11.6. The van der Waals surface area contributed by atoms with Gasteiger partial charge in [0.15, 0.2) is 0 Å². The Labute approximate surface area is 134 Å². The largest absolute Gasteiger partial charge is 0.343 e. The number of nitrogens with one attached hydrogen (secondary N) is 2. The van der Waals surface area contributed by atoms with Gasteiger partial charge < -0.3 is 5.32 Å². The normalized spacial score (nSPS) is 10.4. The highest BCUT2D eigenvalue weighted by Crippen LogP contribution is 2.00. The van der Waals surface area contributed by atoms with Crippen LogP contribution in [0.15, 0.2) is 66.7 Å². The number of benzene rings is 2. The van der Waals surface area contributed by atoms with Crippen LogP contribution in [-0.4, -0.2) is 18.4 Å². The molecule has 2 rings (SSSR count). The third kappa shape index (κ3) is 6.58. The summed E-state index contributed by atoms with van der Waals surface area (Å²) in [5.74, 6) is -0.755. The van der Waals surface area contributed by atoms with Gasteiger partial charge >= 0.3 is 0 Å². The van der Waals surface area contributed by atoms with Crippen LogP contribution < -0.4 is 10.8 Å². The Hall–Kier alpha value is -2.92. The lowest BCUT2D eigenvalue weighted by molar-refractivity contribution is -0.135. The number of carbonyl (C=O) groups is 2. The summed E-state index contributed by atoms with van der Waals surface area (Å²) >= 11 is 0.